The summed E-state index contributed by atoms with van der Waals surface area (Å²) in [6, 6.07) is 0. The summed E-state index contributed by atoms with van der Waals surface area (Å²) in [6.07, 6.45) is -2.49. The number of nitrogens with two attached hydrogens (primary N) is 1. The van der Waals surface area contributed by atoms with Gasteiger partial charge in [-0.15, -0.1) is 0 Å². The molecule has 3 rings (SSSR count). The van der Waals surface area contributed by atoms with Gasteiger partial charge in [0, 0.05) is 0 Å². The molecule has 0 aromatic carbocycles. The van der Waals surface area contributed by atoms with Crippen LogP contribution in [-0.4, -0.2) is 74.7 Å². The zero-order valence-corrected chi connectivity index (χ0v) is 18.0. The summed E-state index contributed by atoms with van der Waals surface area (Å²) in [5.74, 6) is -0.355. The monoisotopic (exact) mass is 523 g/mol. The van der Waals surface area contributed by atoms with Gasteiger partial charge in [0.25, 0.3) is 5.56 Å². The molecule has 3 heterocycles. The third-order valence-electron chi connectivity index (χ3n) is 4.04. The number of hydrogen-bond donors (Lipinski definition) is 8. The van der Waals surface area contributed by atoms with Crippen LogP contribution in [0.25, 0.3) is 11.2 Å². The molecule has 0 saturated carbocycles. The Bertz CT molecular complexity index is 1220. The highest BCUT2D eigenvalue weighted by atomic mass is 31.3. The lowest BCUT2D eigenvalue weighted by Crippen LogP contribution is -2.50. The van der Waals surface area contributed by atoms with Crippen LogP contribution in [-0.2, 0) is 37.3 Å². The number of phosphoric ester groups is 1. The lowest BCUT2D eigenvalue weighted by Gasteiger charge is -2.32. The first-order valence-electron chi connectivity index (χ1n) is 8.08. The second kappa shape index (κ2) is 8.34. The number of hydrogen-bond acceptors (Lipinski definition) is 13. The number of H-pyrrole nitrogens is 1. The molecule has 180 valence electrons. The molecule has 0 bridgehead atoms. The number of fused-ring (bicyclic) bond motifs is 1. The number of phosphoric acid groups is 3. The summed E-state index contributed by atoms with van der Waals surface area (Å²) in [5, 5.41) is 21.3. The summed E-state index contributed by atoms with van der Waals surface area (Å²) in [7, 11) is -16.9. The Kier molecular flexibility index (Phi) is 6.53. The van der Waals surface area contributed by atoms with E-state index < -0.39 is 60.2 Å². The maximum atomic E-state index is 11.9. The topological polar surface area (TPSA) is 299 Å². The summed E-state index contributed by atoms with van der Waals surface area (Å²) in [6.45, 7) is -1.63. The molecular formula is C10H16N5O14P3. The molecule has 5 atom stereocenters. The fourth-order valence-corrected chi connectivity index (χ4v) is 5.83. The summed E-state index contributed by atoms with van der Waals surface area (Å²) >= 11 is 0. The minimum atomic E-state index is -5.76. The molecule has 9 N–H and O–H groups in total. The zero-order valence-electron chi connectivity index (χ0n) is 15.4. The number of aromatic amines is 1. The standard InChI is InChI=1S/C10H16N5O14P3/c11-9-13-7-6(8(17)14-9)12-3-15(7)10(18)4(16)1-26-5(10)2-27-31(22,23)29-32(24,25)28-30(19,20)21/h3-5,16,18H,1-2H2,(H,22,23)(H,24,25)(H2,19,20,21)(H3,11,13,14,17)/t4-,5+,10+/m0/s1. The van der Waals surface area contributed by atoms with Gasteiger partial charge < -0.3 is 40.3 Å². The first-order valence-corrected chi connectivity index (χ1v) is 12.6. The Balaban J connectivity index is 1.85. The third-order valence-corrected chi connectivity index (χ3v) is 7.84. The van der Waals surface area contributed by atoms with E-state index in [0.717, 1.165) is 10.9 Å². The molecule has 19 nitrogen and oxygen atoms in total. The molecule has 2 aromatic rings. The highest BCUT2D eigenvalue weighted by Gasteiger charge is 2.54. The fraction of sp³-hybridized carbons (Fsp3) is 0.500. The lowest BCUT2D eigenvalue weighted by molar-refractivity contribution is -0.146. The van der Waals surface area contributed by atoms with Gasteiger partial charge in [0.1, 0.15) is 12.2 Å². The van der Waals surface area contributed by atoms with Crippen LogP contribution in [0.5, 0.6) is 0 Å². The van der Waals surface area contributed by atoms with E-state index >= 15 is 0 Å². The average Bonchev–Trinajstić information content (AvgIpc) is 3.13. The van der Waals surface area contributed by atoms with Gasteiger partial charge in [-0.05, 0) is 0 Å². The number of aliphatic hydroxyl groups is 2. The maximum absolute atomic E-state index is 11.9. The highest BCUT2D eigenvalue weighted by Crippen LogP contribution is 2.66. The zero-order chi connectivity index (χ0) is 24.1. The number of aromatic nitrogens is 4. The van der Waals surface area contributed by atoms with E-state index in [0.29, 0.717) is 0 Å². The molecule has 0 spiro atoms. The average molecular weight is 523 g/mol. The minimum absolute atomic E-state index is 0.279. The van der Waals surface area contributed by atoms with E-state index in [4.69, 9.17) is 25.2 Å². The summed E-state index contributed by atoms with van der Waals surface area (Å²) in [4.78, 5) is 57.4. The number of rotatable bonds is 8. The Hall–Kier alpha value is -1.56. The van der Waals surface area contributed by atoms with Crippen molar-refractivity contribution >= 4 is 40.6 Å². The number of imidazole rings is 1. The van der Waals surface area contributed by atoms with E-state index in [2.05, 4.69) is 28.1 Å². The normalized spacial score (nSPS) is 27.9. The smallest absolute Gasteiger partial charge is 0.386 e. The van der Waals surface area contributed by atoms with Crippen molar-refractivity contribution in [1.82, 2.24) is 19.5 Å². The third kappa shape index (κ3) is 5.16. The number of ether oxygens (including phenoxy) is 1. The molecule has 2 aromatic heterocycles. The Morgan fingerprint density at radius 1 is 1.25 bits per heavy atom. The van der Waals surface area contributed by atoms with Crippen molar-refractivity contribution in [2.75, 3.05) is 18.9 Å². The SMILES string of the molecule is Nc1nc2c(ncn2[C@@]2(O)[C@@H](O)CO[C@@H]2COP(=O)(O)OP(=O)(O)OP(=O)(O)O)c(=O)[nH]1. The molecular weight excluding hydrogens is 507 g/mol. The van der Waals surface area contributed by atoms with Crippen molar-refractivity contribution < 1.29 is 61.4 Å². The maximum Gasteiger partial charge on any atom is 0.490 e. The second-order valence-electron chi connectivity index (χ2n) is 6.25. The van der Waals surface area contributed by atoms with Crippen molar-refractivity contribution in [3.8, 4) is 0 Å². The number of nitrogens with zero attached hydrogens (tertiary/aromatic N) is 3. The predicted octanol–water partition coefficient (Wildman–Crippen LogP) is -2.55. The van der Waals surface area contributed by atoms with E-state index in [9.17, 15) is 33.6 Å². The van der Waals surface area contributed by atoms with E-state index in [1.807, 2.05) is 0 Å². The number of nitrogens with one attached hydrogen (secondary N) is 1. The van der Waals surface area contributed by atoms with Gasteiger partial charge in [0.05, 0.1) is 19.5 Å². The van der Waals surface area contributed by atoms with Crippen molar-refractivity contribution in [3.05, 3.63) is 16.7 Å². The van der Waals surface area contributed by atoms with Crippen LogP contribution in [0, 0.1) is 0 Å². The molecule has 1 saturated heterocycles. The van der Waals surface area contributed by atoms with Crippen LogP contribution in [0.4, 0.5) is 5.95 Å². The van der Waals surface area contributed by atoms with Crippen LogP contribution in [0.2, 0.25) is 0 Å². The van der Waals surface area contributed by atoms with E-state index in [1.54, 1.807) is 0 Å². The van der Waals surface area contributed by atoms with Gasteiger partial charge in [-0.3, -0.25) is 18.9 Å². The van der Waals surface area contributed by atoms with Crippen LogP contribution < -0.4 is 11.3 Å². The number of aliphatic hydroxyl groups excluding tert-OH is 1. The first-order chi connectivity index (χ1) is 14.5. The van der Waals surface area contributed by atoms with Crippen molar-refractivity contribution in [1.29, 1.82) is 0 Å². The number of nitrogen functional groups attached to an aromatic ring is 1. The van der Waals surface area contributed by atoms with Crippen LogP contribution in [0.15, 0.2) is 11.1 Å². The van der Waals surface area contributed by atoms with Crippen LogP contribution in [0.1, 0.15) is 0 Å². The Labute approximate surface area is 175 Å². The largest absolute Gasteiger partial charge is 0.490 e. The molecule has 2 unspecified atom stereocenters. The van der Waals surface area contributed by atoms with Crippen molar-refractivity contribution in [2.45, 2.75) is 17.9 Å². The van der Waals surface area contributed by atoms with Crippen molar-refractivity contribution in [3.63, 3.8) is 0 Å². The molecule has 0 amide bonds. The summed E-state index contributed by atoms with van der Waals surface area (Å²) in [5.41, 5.74) is 1.64. The van der Waals surface area contributed by atoms with E-state index in [-0.39, 0.29) is 17.1 Å². The van der Waals surface area contributed by atoms with E-state index in [1.165, 1.54) is 0 Å². The van der Waals surface area contributed by atoms with Gasteiger partial charge >= 0.3 is 23.5 Å². The van der Waals surface area contributed by atoms with Crippen LogP contribution in [0.3, 0.4) is 0 Å². The molecule has 1 aliphatic rings. The van der Waals surface area contributed by atoms with Gasteiger partial charge in [0.2, 0.25) is 11.7 Å². The molecule has 0 radical (unpaired) electrons. The molecule has 1 fully saturated rings. The van der Waals surface area contributed by atoms with Gasteiger partial charge in [0.15, 0.2) is 11.2 Å². The lowest BCUT2D eigenvalue weighted by atomic mass is 10.0. The minimum Gasteiger partial charge on any atom is -0.386 e. The van der Waals surface area contributed by atoms with Crippen LogP contribution >= 0.6 is 23.5 Å². The van der Waals surface area contributed by atoms with Crippen molar-refractivity contribution in [2.24, 2.45) is 0 Å². The van der Waals surface area contributed by atoms with Gasteiger partial charge in [-0.25, -0.2) is 18.7 Å². The van der Waals surface area contributed by atoms with Gasteiger partial charge in [-0.1, -0.05) is 0 Å². The quantitative estimate of drug-likeness (QED) is 0.165. The Morgan fingerprint density at radius 3 is 2.53 bits per heavy atom. The fourth-order valence-electron chi connectivity index (χ4n) is 2.81. The molecule has 22 heteroatoms. The number of anilines is 1. The highest BCUT2D eigenvalue weighted by molar-refractivity contribution is 7.66. The second-order valence-corrected chi connectivity index (χ2v) is 10.7. The Morgan fingerprint density at radius 2 is 1.91 bits per heavy atom. The summed E-state index contributed by atoms with van der Waals surface area (Å²) < 4.78 is 51.5. The predicted molar refractivity (Wildman–Crippen MR) is 98.3 cm³/mol. The molecule has 32 heavy (non-hydrogen) atoms. The molecule has 1 aliphatic heterocycles. The van der Waals surface area contributed by atoms with Gasteiger partial charge in [-0.2, -0.15) is 13.6 Å². The first kappa shape index (κ1) is 25.1. The molecule has 0 aliphatic carbocycles.